The lowest BCUT2D eigenvalue weighted by atomic mass is 10.0. The van der Waals surface area contributed by atoms with Crippen molar-refractivity contribution in [1.82, 2.24) is 15.2 Å². The van der Waals surface area contributed by atoms with Gasteiger partial charge in [0.2, 0.25) is 0 Å². The minimum Gasteiger partial charge on any atom is -0.322 e. The second kappa shape index (κ2) is 7.00. The maximum atomic E-state index is 12.5. The van der Waals surface area contributed by atoms with Gasteiger partial charge in [-0.1, -0.05) is 48.0 Å². The molecule has 4 nitrogen and oxygen atoms in total. The van der Waals surface area contributed by atoms with Gasteiger partial charge in [0.05, 0.1) is 0 Å². The molecule has 1 atom stereocenters. The summed E-state index contributed by atoms with van der Waals surface area (Å²) >= 11 is 6.41. The van der Waals surface area contributed by atoms with E-state index in [1.54, 1.807) is 0 Å². The third-order valence-electron chi connectivity index (χ3n) is 4.82. The number of para-hydroxylation sites is 1. The average Bonchev–Trinajstić information content (AvgIpc) is 2.63. The summed E-state index contributed by atoms with van der Waals surface area (Å²) in [5.41, 5.74) is 2.75. The van der Waals surface area contributed by atoms with Crippen molar-refractivity contribution >= 4 is 22.5 Å². The van der Waals surface area contributed by atoms with E-state index < -0.39 is 0 Å². The number of hydrogen-bond donors (Lipinski definition) is 2. The van der Waals surface area contributed by atoms with Crippen LogP contribution in [0.4, 0.5) is 0 Å². The van der Waals surface area contributed by atoms with Crippen LogP contribution in [0.25, 0.3) is 10.9 Å². The maximum absolute atomic E-state index is 12.5. The molecular formula is C20H20ClN3O. The SMILES string of the molecule is O=c1[nH]c2ccccc2cc1CN1CCNCC1c1ccccc1Cl. The summed E-state index contributed by atoms with van der Waals surface area (Å²) in [4.78, 5) is 17.8. The van der Waals surface area contributed by atoms with Crippen LogP contribution < -0.4 is 10.9 Å². The van der Waals surface area contributed by atoms with Crippen molar-refractivity contribution in [1.29, 1.82) is 0 Å². The maximum Gasteiger partial charge on any atom is 0.252 e. The summed E-state index contributed by atoms with van der Waals surface area (Å²) in [5.74, 6) is 0. The van der Waals surface area contributed by atoms with Crippen LogP contribution in [0.15, 0.2) is 59.4 Å². The van der Waals surface area contributed by atoms with Crippen molar-refractivity contribution in [2.24, 2.45) is 0 Å². The highest BCUT2D eigenvalue weighted by Gasteiger charge is 2.26. The summed E-state index contributed by atoms with van der Waals surface area (Å²) in [5, 5.41) is 5.26. The van der Waals surface area contributed by atoms with Gasteiger partial charge in [-0.05, 0) is 29.1 Å². The molecule has 25 heavy (non-hydrogen) atoms. The molecule has 0 radical (unpaired) electrons. The number of H-pyrrole nitrogens is 1. The van der Waals surface area contributed by atoms with Crippen LogP contribution in [-0.2, 0) is 6.54 Å². The van der Waals surface area contributed by atoms with E-state index in [2.05, 4.69) is 21.3 Å². The predicted molar refractivity (Wildman–Crippen MR) is 102 cm³/mol. The fourth-order valence-electron chi connectivity index (χ4n) is 3.52. The van der Waals surface area contributed by atoms with Crippen LogP contribution in [-0.4, -0.2) is 29.5 Å². The molecule has 0 amide bonds. The highest BCUT2D eigenvalue weighted by molar-refractivity contribution is 6.31. The van der Waals surface area contributed by atoms with E-state index in [4.69, 9.17) is 11.6 Å². The molecule has 1 fully saturated rings. The topological polar surface area (TPSA) is 48.1 Å². The number of hydrogen-bond acceptors (Lipinski definition) is 3. The minimum absolute atomic E-state index is 0.0184. The van der Waals surface area contributed by atoms with Gasteiger partial charge in [-0.2, -0.15) is 0 Å². The van der Waals surface area contributed by atoms with Crippen LogP contribution in [0, 0.1) is 0 Å². The molecule has 1 unspecified atom stereocenters. The fourth-order valence-corrected chi connectivity index (χ4v) is 3.78. The summed E-state index contributed by atoms with van der Waals surface area (Å²) < 4.78 is 0. The fraction of sp³-hybridized carbons (Fsp3) is 0.250. The molecule has 1 saturated heterocycles. The van der Waals surface area contributed by atoms with Crippen LogP contribution in [0.5, 0.6) is 0 Å². The lowest BCUT2D eigenvalue weighted by Crippen LogP contribution is -2.46. The van der Waals surface area contributed by atoms with E-state index in [-0.39, 0.29) is 11.6 Å². The molecule has 1 aromatic heterocycles. The Morgan fingerprint density at radius 3 is 2.80 bits per heavy atom. The molecule has 2 N–H and O–H groups in total. The third kappa shape index (κ3) is 3.33. The quantitative estimate of drug-likeness (QED) is 0.759. The molecule has 0 spiro atoms. The number of piperazine rings is 1. The number of aromatic nitrogens is 1. The smallest absolute Gasteiger partial charge is 0.252 e. The molecule has 1 aliphatic heterocycles. The average molecular weight is 354 g/mol. The Morgan fingerprint density at radius 2 is 1.92 bits per heavy atom. The normalized spacial score (nSPS) is 18.5. The first kappa shape index (κ1) is 16.3. The molecular weight excluding hydrogens is 334 g/mol. The number of rotatable bonds is 3. The minimum atomic E-state index is -0.0184. The van der Waals surface area contributed by atoms with Crippen LogP contribution in [0.1, 0.15) is 17.2 Å². The van der Waals surface area contributed by atoms with Gasteiger partial charge >= 0.3 is 0 Å². The second-order valence-corrected chi connectivity index (χ2v) is 6.83. The van der Waals surface area contributed by atoms with Gasteiger partial charge in [-0.25, -0.2) is 0 Å². The number of fused-ring (bicyclic) bond motifs is 1. The van der Waals surface area contributed by atoms with Crippen molar-refractivity contribution in [3.05, 3.63) is 81.1 Å². The lowest BCUT2D eigenvalue weighted by molar-refractivity contribution is 0.153. The molecule has 0 bridgehead atoms. The largest absolute Gasteiger partial charge is 0.322 e. The van der Waals surface area contributed by atoms with E-state index >= 15 is 0 Å². The van der Waals surface area contributed by atoms with E-state index in [0.717, 1.165) is 46.7 Å². The van der Waals surface area contributed by atoms with E-state index in [9.17, 15) is 4.79 Å². The number of nitrogens with zero attached hydrogens (tertiary/aromatic N) is 1. The van der Waals surface area contributed by atoms with Crippen LogP contribution in [0.3, 0.4) is 0 Å². The van der Waals surface area contributed by atoms with Gasteiger partial charge < -0.3 is 10.3 Å². The van der Waals surface area contributed by atoms with Gasteiger partial charge in [0.1, 0.15) is 0 Å². The van der Waals surface area contributed by atoms with Crippen molar-refractivity contribution in [2.75, 3.05) is 19.6 Å². The number of halogens is 1. The van der Waals surface area contributed by atoms with E-state index in [0.29, 0.717) is 6.54 Å². The van der Waals surface area contributed by atoms with Gasteiger partial charge in [-0.3, -0.25) is 9.69 Å². The number of aromatic amines is 1. The Kier molecular flexibility index (Phi) is 4.57. The number of nitrogens with one attached hydrogen (secondary N) is 2. The highest BCUT2D eigenvalue weighted by Crippen LogP contribution is 2.29. The molecule has 2 aromatic carbocycles. The van der Waals surface area contributed by atoms with Gasteiger partial charge in [-0.15, -0.1) is 0 Å². The second-order valence-electron chi connectivity index (χ2n) is 6.42. The van der Waals surface area contributed by atoms with Gasteiger partial charge in [0.15, 0.2) is 0 Å². The summed E-state index contributed by atoms with van der Waals surface area (Å²) in [6, 6.07) is 18.0. The zero-order valence-corrected chi connectivity index (χ0v) is 14.6. The molecule has 3 aromatic rings. The Hall–Kier alpha value is -2.14. The molecule has 0 saturated carbocycles. The Balaban J connectivity index is 1.67. The standard InChI is InChI=1S/C20H20ClN3O/c21-17-7-3-2-6-16(17)19-12-22-9-10-24(19)13-15-11-14-5-1-4-8-18(14)23-20(15)25/h1-8,11,19,22H,9-10,12-13H2,(H,23,25). The van der Waals surface area contributed by atoms with Crippen molar-refractivity contribution in [2.45, 2.75) is 12.6 Å². The zero-order chi connectivity index (χ0) is 17.2. The summed E-state index contributed by atoms with van der Waals surface area (Å²) in [7, 11) is 0. The first-order valence-electron chi connectivity index (χ1n) is 8.52. The molecule has 4 rings (SSSR count). The molecule has 5 heteroatoms. The third-order valence-corrected chi connectivity index (χ3v) is 5.17. The van der Waals surface area contributed by atoms with Crippen molar-refractivity contribution < 1.29 is 0 Å². The molecule has 128 valence electrons. The Labute approximate surface area is 151 Å². The van der Waals surface area contributed by atoms with Gasteiger partial charge in [0, 0.05) is 48.3 Å². The first-order valence-corrected chi connectivity index (χ1v) is 8.90. The number of benzene rings is 2. The summed E-state index contributed by atoms with van der Waals surface area (Å²) in [6.45, 7) is 3.22. The summed E-state index contributed by atoms with van der Waals surface area (Å²) in [6.07, 6.45) is 0. The Bertz CT molecular complexity index is 953. The monoisotopic (exact) mass is 353 g/mol. The van der Waals surface area contributed by atoms with E-state index in [1.165, 1.54) is 0 Å². The van der Waals surface area contributed by atoms with Crippen LogP contribution >= 0.6 is 11.6 Å². The molecule has 1 aliphatic rings. The Morgan fingerprint density at radius 1 is 1.12 bits per heavy atom. The number of pyridine rings is 1. The van der Waals surface area contributed by atoms with Gasteiger partial charge in [0.25, 0.3) is 5.56 Å². The predicted octanol–water partition coefficient (Wildman–Crippen LogP) is 3.33. The highest BCUT2D eigenvalue weighted by atomic mass is 35.5. The van der Waals surface area contributed by atoms with Crippen molar-refractivity contribution in [3.8, 4) is 0 Å². The van der Waals surface area contributed by atoms with E-state index in [1.807, 2.05) is 48.5 Å². The van der Waals surface area contributed by atoms with Crippen LogP contribution in [0.2, 0.25) is 5.02 Å². The molecule has 0 aliphatic carbocycles. The van der Waals surface area contributed by atoms with Crippen molar-refractivity contribution in [3.63, 3.8) is 0 Å². The zero-order valence-electron chi connectivity index (χ0n) is 13.8. The lowest BCUT2D eigenvalue weighted by Gasteiger charge is -2.36. The molecule has 2 heterocycles. The first-order chi connectivity index (χ1) is 12.2.